The third kappa shape index (κ3) is 7.37. The predicted octanol–water partition coefficient (Wildman–Crippen LogP) is 6.33. The molecule has 1 saturated carbocycles. The molecule has 1 aliphatic heterocycles. The molecule has 232 valence electrons. The van der Waals surface area contributed by atoms with Gasteiger partial charge in [-0.25, -0.2) is 0 Å². The summed E-state index contributed by atoms with van der Waals surface area (Å²) in [6, 6.07) is 32.6. The summed E-state index contributed by atoms with van der Waals surface area (Å²) in [5, 5.41) is 3.23. The smallest absolute Gasteiger partial charge is 0.255 e. The summed E-state index contributed by atoms with van der Waals surface area (Å²) in [5.74, 6) is 0.287. The van der Waals surface area contributed by atoms with Crippen molar-refractivity contribution in [1.82, 2.24) is 4.90 Å². The molecule has 2 fully saturated rings. The van der Waals surface area contributed by atoms with E-state index in [1.807, 2.05) is 41.3 Å². The quantitative estimate of drug-likeness (QED) is 0.210. The molecule has 2 amide bonds. The predicted molar refractivity (Wildman–Crippen MR) is 184 cm³/mol. The van der Waals surface area contributed by atoms with Gasteiger partial charge in [-0.1, -0.05) is 60.7 Å². The number of piperazine rings is 1. The molecule has 0 unspecified atom stereocenters. The van der Waals surface area contributed by atoms with E-state index >= 15 is 0 Å². The largest absolute Gasteiger partial charge is 0.368 e. The molecule has 0 atom stereocenters. The summed E-state index contributed by atoms with van der Waals surface area (Å²) < 4.78 is 0. The number of para-hydroxylation sites is 1. The zero-order chi connectivity index (χ0) is 31.2. The van der Waals surface area contributed by atoms with Crippen molar-refractivity contribution in [2.24, 2.45) is 11.7 Å². The van der Waals surface area contributed by atoms with E-state index in [2.05, 4.69) is 82.7 Å². The molecule has 1 aliphatic carbocycles. The highest BCUT2D eigenvalue weighted by atomic mass is 16.2. The third-order valence-electron chi connectivity index (χ3n) is 8.86. The number of hydrogen-bond acceptors (Lipinski definition) is 5. The van der Waals surface area contributed by atoms with Crippen molar-refractivity contribution in [3.63, 3.8) is 0 Å². The van der Waals surface area contributed by atoms with E-state index in [9.17, 15) is 9.59 Å². The second-order valence-electron chi connectivity index (χ2n) is 12.2. The van der Waals surface area contributed by atoms with Gasteiger partial charge in [-0.3, -0.25) is 9.59 Å². The first-order valence-electron chi connectivity index (χ1n) is 16.1. The molecule has 7 nitrogen and oxygen atoms in total. The lowest BCUT2D eigenvalue weighted by atomic mass is 10.0. The van der Waals surface area contributed by atoms with Crippen molar-refractivity contribution in [2.45, 2.75) is 32.7 Å². The van der Waals surface area contributed by atoms with Crippen LogP contribution in [0.4, 0.5) is 17.1 Å². The number of carbonyl (C=O) groups is 2. The molecule has 45 heavy (non-hydrogen) atoms. The topological polar surface area (TPSA) is 81.9 Å². The maximum Gasteiger partial charge on any atom is 0.255 e. The lowest BCUT2D eigenvalue weighted by molar-refractivity contribution is -0.133. The normalized spacial score (nSPS) is 14.7. The Morgan fingerprint density at radius 2 is 1.49 bits per heavy atom. The maximum absolute atomic E-state index is 13.4. The first-order chi connectivity index (χ1) is 22.0. The number of rotatable bonds is 11. The van der Waals surface area contributed by atoms with Crippen molar-refractivity contribution in [2.75, 3.05) is 54.4 Å². The summed E-state index contributed by atoms with van der Waals surface area (Å²) in [4.78, 5) is 33.1. The van der Waals surface area contributed by atoms with E-state index in [0.717, 1.165) is 73.5 Å². The number of amides is 2. The lowest BCUT2D eigenvalue weighted by Crippen LogP contribution is -2.47. The highest BCUT2D eigenvalue weighted by Crippen LogP contribution is 2.35. The summed E-state index contributed by atoms with van der Waals surface area (Å²) in [6.07, 6.45) is 2.77. The zero-order valence-electron chi connectivity index (χ0n) is 26.1. The molecular weight excluding hydrogens is 558 g/mol. The van der Waals surface area contributed by atoms with Crippen LogP contribution in [0.15, 0.2) is 97.1 Å². The van der Waals surface area contributed by atoms with Crippen molar-refractivity contribution in [3.05, 3.63) is 114 Å². The molecule has 3 N–H and O–H groups in total. The molecule has 0 bridgehead atoms. The van der Waals surface area contributed by atoms with Crippen molar-refractivity contribution in [3.8, 4) is 11.1 Å². The minimum Gasteiger partial charge on any atom is -0.368 e. The third-order valence-corrected chi connectivity index (χ3v) is 8.86. The fraction of sp³-hybridized carbons (Fsp3) is 0.316. The fourth-order valence-electron chi connectivity index (χ4n) is 6.19. The molecule has 0 aromatic heterocycles. The number of benzene rings is 4. The second-order valence-corrected chi connectivity index (χ2v) is 12.2. The van der Waals surface area contributed by atoms with Gasteiger partial charge in [0, 0.05) is 56.4 Å². The van der Waals surface area contributed by atoms with Gasteiger partial charge in [-0.2, -0.15) is 0 Å². The number of nitrogens with zero attached hydrogens (tertiary/aromatic N) is 3. The van der Waals surface area contributed by atoms with E-state index in [4.69, 9.17) is 5.73 Å². The fourth-order valence-corrected chi connectivity index (χ4v) is 6.19. The van der Waals surface area contributed by atoms with E-state index in [-0.39, 0.29) is 17.7 Å². The molecule has 1 heterocycles. The molecule has 6 rings (SSSR count). The van der Waals surface area contributed by atoms with E-state index in [1.165, 1.54) is 11.3 Å². The van der Waals surface area contributed by atoms with E-state index in [0.29, 0.717) is 25.2 Å². The zero-order valence-corrected chi connectivity index (χ0v) is 26.1. The molecule has 4 aromatic rings. The number of nitrogens with one attached hydrogen (secondary N) is 1. The monoisotopic (exact) mass is 601 g/mol. The van der Waals surface area contributed by atoms with Crippen LogP contribution >= 0.6 is 0 Å². The minimum atomic E-state index is -0.129. The molecule has 4 aromatic carbocycles. The molecular formula is C38H43N5O2. The first-order valence-corrected chi connectivity index (χ1v) is 16.1. The van der Waals surface area contributed by atoms with Gasteiger partial charge in [0.2, 0.25) is 5.91 Å². The van der Waals surface area contributed by atoms with Crippen molar-refractivity contribution < 1.29 is 9.59 Å². The minimum absolute atomic E-state index is 0.129. The van der Waals surface area contributed by atoms with Crippen LogP contribution in [0.25, 0.3) is 11.1 Å². The van der Waals surface area contributed by atoms with Crippen LogP contribution in [0.5, 0.6) is 0 Å². The molecule has 1 saturated heterocycles. The second kappa shape index (κ2) is 14.0. The Morgan fingerprint density at radius 1 is 0.800 bits per heavy atom. The Kier molecular flexibility index (Phi) is 9.46. The van der Waals surface area contributed by atoms with Crippen LogP contribution in [-0.4, -0.2) is 56.0 Å². The molecule has 7 heteroatoms. The van der Waals surface area contributed by atoms with Crippen molar-refractivity contribution >= 4 is 28.9 Å². The lowest BCUT2D eigenvalue weighted by Gasteiger charge is -2.38. The summed E-state index contributed by atoms with van der Waals surface area (Å²) in [5.41, 5.74) is 13.9. The molecule has 2 aliphatic rings. The van der Waals surface area contributed by atoms with Crippen LogP contribution in [0, 0.1) is 12.8 Å². The van der Waals surface area contributed by atoms with Crippen molar-refractivity contribution in [1.29, 1.82) is 0 Å². The van der Waals surface area contributed by atoms with E-state index < -0.39 is 0 Å². The standard InChI is InChI=1S/C38H43N5O2/c1-28-9-5-6-14-35(28)41-21-23-42(24-22-41)36-18-17-33(26-34(36)40-37(44)30-11-3-2-4-12-30)32-13-7-10-29(25-32)27-43(20-8-19-39)38(45)31-15-16-31/h2-7,9-14,17-18,25-26,31H,8,15-16,19-24,27,39H2,1H3,(H,40,44). The number of aryl methyl sites for hydroxylation is 1. The van der Waals surface area contributed by atoms with Gasteiger partial charge in [0.05, 0.1) is 11.4 Å². The van der Waals surface area contributed by atoms with Crippen LogP contribution in [0.1, 0.15) is 40.7 Å². The Labute approximate surface area is 266 Å². The van der Waals surface area contributed by atoms with Gasteiger partial charge in [-0.05, 0) is 91.4 Å². The summed E-state index contributed by atoms with van der Waals surface area (Å²) in [7, 11) is 0. The average molecular weight is 602 g/mol. The van der Waals surface area contributed by atoms with Crippen LogP contribution < -0.4 is 20.9 Å². The summed E-state index contributed by atoms with van der Waals surface area (Å²) >= 11 is 0. The van der Waals surface area contributed by atoms with Gasteiger partial charge in [0.15, 0.2) is 0 Å². The van der Waals surface area contributed by atoms with Crippen LogP contribution in [-0.2, 0) is 11.3 Å². The average Bonchev–Trinajstić information content (AvgIpc) is 3.93. The Morgan fingerprint density at radius 3 is 2.20 bits per heavy atom. The Bertz CT molecular complexity index is 1630. The Hall–Kier alpha value is -4.62. The number of nitrogens with two attached hydrogens (primary N) is 1. The number of hydrogen-bond donors (Lipinski definition) is 2. The van der Waals surface area contributed by atoms with Gasteiger partial charge < -0.3 is 25.8 Å². The van der Waals surface area contributed by atoms with Gasteiger partial charge in [0.25, 0.3) is 5.91 Å². The molecule has 0 spiro atoms. The van der Waals surface area contributed by atoms with Crippen LogP contribution in [0.3, 0.4) is 0 Å². The first kappa shape index (κ1) is 30.4. The SMILES string of the molecule is Cc1ccccc1N1CCN(c2ccc(-c3cccc(CN(CCCN)C(=O)C4CC4)c3)cc2NC(=O)c2ccccc2)CC1. The van der Waals surface area contributed by atoms with Gasteiger partial charge in [-0.15, -0.1) is 0 Å². The number of carbonyl (C=O) groups excluding carboxylic acids is 2. The highest BCUT2D eigenvalue weighted by Gasteiger charge is 2.33. The Balaban J connectivity index is 1.26. The van der Waals surface area contributed by atoms with Gasteiger partial charge in [0.1, 0.15) is 0 Å². The highest BCUT2D eigenvalue weighted by molar-refractivity contribution is 6.06. The molecule has 0 radical (unpaired) electrons. The maximum atomic E-state index is 13.4. The van der Waals surface area contributed by atoms with Gasteiger partial charge >= 0.3 is 0 Å². The van der Waals surface area contributed by atoms with E-state index in [1.54, 1.807) is 0 Å². The summed E-state index contributed by atoms with van der Waals surface area (Å²) in [6.45, 7) is 7.49. The number of anilines is 3. The van der Waals surface area contributed by atoms with Crippen LogP contribution in [0.2, 0.25) is 0 Å².